The molecule has 0 radical (unpaired) electrons. The van der Waals surface area contributed by atoms with Crippen molar-refractivity contribution >= 4 is 35.8 Å². The monoisotopic (exact) mass is 423 g/mol. The fourth-order valence-corrected chi connectivity index (χ4v) is 6.06. The van der Waals surface area contributed by atoms with E-state index in [0.717, 1.165) is 54.9 Å². The molecule has 3 fully saturated rings. The lowest BCUT2D eigenvalue weighted by atomic mass is 9.72. The predicted octanol–water partition coefficient (Wildman–Crippen LogP) is 2.64. The van der Waals surface area contributed by atoms with Crippen molar-refractivity contribution in [3.8, 4) is 0 Å². The Labute approximate surface area is 177 Å². The van der Waals surface area contributed by atoms with Crippen LogP contribution in [0.15, 0.2) is 18.2 Å². The number of rotatable bonds is 1. The van der Waals surface area contributed by atoms with Crippen LogP contribution in [0.25, 0.3) is 0 Å². The Kier molecular flexibility index (Phi) is 5.60. The molecule has 2 amide bonds. The summed E-state index contributed by atoms with van der Waals surface area (Å²) in [5.41, 5.74) is 2.30. The van der Waals surface area contributed by atoms with Gasteiger partial charge in [0.25, 0.3) is 0 Å². The molecule has 0 unspecified atom stereocenters. The number of nitrogens with one attached hydrogen (secondary N) is 1. The molecule has 2 bridgehead atoms. The van der Waals surface area contributed by atoms with Crippen LogP contribution >= 0.6 is 24.0 Å². The number of piperidine rings is 3. The summed E-state index contributed by atoms with van der Waals surface area (Å²) in [6.45, 7) is 3.09. The second kappa shape index (κ2) is 7.85. The molecule has 4 atom stereocenters. The minimum Gasteiger partial charge on any atom is -0.336 e. The first kappa shape index (κ1) is 20.0. The van der Waals surface area contributed by atoms with Gasteiger partial charge in [0.05, 0.1) is 0 Å². The number of fused-ring (bicyclic) bond motifs is 5. The molecule has 1 aromatic rings. The Hall–Kier alpha value is -1.30. The summed E-state index contributed by atoms with van der Waals surface area (Å²) in [5.74, 6) is 1.04. The van der Waals surface area contributed by atoms with Gasteiger partial charge in [-0.05, 0) is 55.3 Å². The van der Waals surface area contributed by atoms with E-state index in [-0.39, 0.29) is 42.2 Å². The zero-order valence-corrected chi connectivity index (χ0v) is 17.5. The summed E-state index contributed by atoms with van der Waals surface area (Å²) < 4.78 is 0. The third-order valence-corrected chi connectivity index (χ3v) is 7.37. The minimum atomic E-state index is -0.299. The third-order valence-electron chi connectivity index (χ3n) is 7.02. The maximum absolute atomic E-state index is 13.6. The molecule has 4 aliphatic rings. The highest BCUT2D eigenvalue weighted by Crippen LogP contribution is 2.40. The van der Waals surface area contributed by atoms with E-state index in [4.69, 9.17) is 11.6 Å². The van der Waals surface area contributed by atoms with Crippen LogP contribution in [0.1, 0.15) is 36.8 Å². The van der Waals surface area contributed by atoms with Crippen molar-refractivity contribution in [3.63, 3.8) is 0 Å². The molecule has 4 heterocycles. The molecule has 5 nitrogen and oxygen atoms in total. The quantitative estimate of drug-likeness (QED) is 0.754. The molecule has 0 spiro atoms. The van der Waals surface area contributed by atoms with Gasteiger partial charge < -0.3 is 15.1 Å². The first-order chi connectivity index (χ1) is 13.1. The van der Waals surface area contributed by atoms with Gasteiger partial charge >= 0.3 is 0 Å². The molecule has 0 saturated carbocycles. The average Bonchev–Trinajstić information content (AvgIpc) is 2.69. The predicted molar refractivity (Wildman–Crippen MR) is 111 cm³/mol. The van der Waals surface area contributed by atoms with Gasteiger partial charge in [0.2, 0.25) is 11.8 Å². The molecule has 152 valence electrons. The molecule has 1 N–H and O–H groups in total. The summed E-state index contributed by atoms with van der Waals surface area (Å²) in [6, 6.07) is 5.87. The van der Waals surface area contributed by atoms with E-state index in [9.17, 15) is 9.59 Å². The highest BCUT2D eigenvalue weighted by atomic mass is 35.5. The van der Waals surface area contributed by atoms with Crippen molar-refractivity contribution in [3.05, 3.63) is 34.3 Å². The number of hydrogen-bond donors (Lipinski definition) is 1. The molecule has 5 rings (SSSR count). The molecule has 0 aromatic heterocycles. The lowest BCUT2D eigenvalue weighted by molar-refractivity contribution is -0.162. The molecular formula is C21H27Cl2N3O2. The van der Waals surface area contributed by atoms with E-state index in [1.165, 1.54) is 0 Å². The Bertz CT molecular complexity index is 787. The topological polar surface area (TPSA) is 52.7 Å². The lowest BCUT2D eigenvalue weighted by Crippen LogP contribution is -2.68. The van der Waals surface area contributed by atoms with Gasteiger partial charge in [-0.15, -0.1) is 12.4 Å². The van der Waals surface area contributed by atoms with Crippen LogP contribution in [-0.4, -0.2) is 53.3 Å². The van der Waals surface area contributed by atoms with E-state index < -0.39 is 0 Å². The van der Waals surface area contributed by atoms with Crippen molar-refractivity contribution in [2.75, 3.05) is 19.6 Å². The Balaban J connectivity index is 0.00000192. The molecule has 4 aliphatic heterocycles. The van der Waals surface area contributed by atoms with Gasteiger partial charge in [0.15, 0.2) is 0 Å². The van der Waals surface area contributed by atoms with E-state index in [0.29, 0.717) is 25.4 Å². The third kappa shape index (κ3) is 3.21. The van der Waals surface area contributed by atoms with Crippen LogP contribution in [0.2, 0.25) is 5.02 Å². The fraction of sp³-hybridized carbons (Fsp3) is 0.619. The van der Waals surface area contributed by atoms with Crippen molar-refractivity contribution in [1.29, 1.82) is 0 Å². The van der Waals surface area contributed by atoms with Gasteiger partial charge in [-0.3, -0.25) is 9.59 Å². The number of amides is 2. The Morgan fingerprint density at radius 2 is 2.00 bits per heavy atom. The number of carbonyl (C=O) groups excluding carboxylic acids is 2. The number of hydrogen-bond acceptors (Lipinski definition) is 3. The zero-order valence-electron chi connectivity index (χ0n) is 15.9. The Morgan fingerprint density at radius 3 is 2.86 bits per heavy atom. The van der Waals surface area contributed by atoms with E-state index in [2.05, 4.69) is 11.4 Å². The van der Waals surface area contributed by atoms with Crippen LogP contribution in [0, 0.1) is 11.8 Å². The van der Waals surface area contributed by atoms with Crippen molar-refractivity contribution in [2.24, 2.45) is 11.8 Å². The summed E-state index contributed by atoms with van der Waals surface area (Å²) in [5, 5.41) is 4.31. The maximum Gasteiger partial charge on any atom is 0.246 e. The largest absolute Gasteiger partial charge is 0.336 e. The highest BCUT2D eigenvalue weighted by molar-refractivity contribution is 6.31. The SMILES string of the molecule is Cl.O=C([C@H]1[C@@H]2CNC[C@@H](C2)[C@@H]2CCCC(=O)N21)N1CCc2c(Cl)cccc2C1. The van der Waals surface area contributed by atoms with Gasteiger partial charge in [-0.25, -0.2) is 0 Å². The first-order valence-electron chi connectivity index (χ1n) is 10.2. The summed E-state index contributed by atoms with van der Waals surface area (Å²) in [7, 11) is 0. The molecule has 3 saturated heterocycles. The van der Waals surface area contributed by atoms with Gasteiger partial charge in [0, 0.05) is 43.0 Å². The van der Waals surface area contributed by atoms with E-state index in [1.54, 1.807) is 0 Å². The molecule has 7 heteroatoms. The van der Waals surface area contributed by atoms with Crippen molar-refractivity contribution in [1.82, 2.24) is 15.1 Å². The van der Waals surface area contributed by atoms with Crippen molar-refractivity contribution < 1.29 is 9.59 Å². The zero-order chi connectivity index (χ0) is 18.5. The normalized spacial score (nSPS) is 31.5. The highest BCUT2D eigenvalue weighted by Gasteiger charge is 2.51. The first-order valence-corrected chi connectivity index (χ1v) is 10.6. The summed E-state index contributed by atoms with van der Waals surface area (Å²) >= 11 is 6.33. The van der Waals surface area contributed by atoms with Crippen LogP contribution in [0.3, 0.4) is 0 Å². The van der Waals surface area contributed by atoms with Crippen molar-refractivity contribution in [2.45, 2.75) is 50.7 Å². The van der Waals surface area contributed by atoms with E-state index >= 15 is 0 Å². The number of benzene rings is 1. The van der Waals surface area contributed by atoms with Gasteiger partial charge in [0.1, 0.15) is 6.04 Å². The standard InChI is InChI=1S/C21H26ClN3O2.ClH/c22-17-4-1-3-13-12-24(8-7-16(13)17)21(27)20-15-9-14(10-23-11-15)18-5-2-6-19(26)25(18)20;/h1,3-4,14-15,18,20,23H,2,5-12H2;1H/t14-,15+,18+,20-;/m1./s1. The van der Waals surface area contributed by atoms with Crippen LogP contribution in [0.5, 0.6) is 0 Å². The van der Waals surface area contributed by atoms with Gasteiger partial charge in [-0.2, -0.15) is 0 Å². The summed E-state index contributed by atoms with van der Waals surface area (Å²) in [4.78, 5) is 30.4. The molecule has 28 heavy (non-hydrogen) atoms. The number of nitrogens with zero attached hydrogens (tertiary/aromatic N) is 2. The number of carbonyl (C=O) groups is 2. The molecule has 1 aromatic carbocycles. The number of halogens is 2. The van der Waals surface area contributed by atoms with E-state index in [1.807, 2.05) is 21.9 Å². The summed E-state index contributed by atoms with van der Waals surface area (Å²) in [6.07, 6.45) is 4.43. The second-order valence-corrected chi connectivity index (χ2v) is 8.91. The lowest BCUT2D eigenvalue weighted by Gasteiger charge is -2.54. The minimum absolute atomic E-state index is 0. The van der Waals surface area contributed by atoms with Crippen LogP contribution in [-0.2, 0) is 22.6 Å². The Morgan fingerprint density at radius 1 is 1.18 bits per heavy atom. The second-order valence-electron chi connectivity index (χ2n) is 8.51. The average molecular weight is 424 g/mol. The van der Waals surface area contributed by atoms with Crippen LogP contribution in [0.4, 0.5) is 0 Å². The molecular weight excluding hydrogens is 397 g/mol. The fourth-order valence-electron chi connectivity index (χ4n) is 5.77. The van der Waals surface area contributed by atoms with Crippen LogP contribution < -0.4 is 5.32 Å². The molecule has 0 aliphatic carbocycles. The maximum atomic E-state index is 13.6. The van der Waals surface area contributed by atoms with Gasteiger partial charge in [-0.1, -0.05) is 23.7 Å². The smallest absolute Gasteiger partial charge is 0.246 e.